The normalized spacial score (nSPS) is 16.3. The summed E-state index contributed by atoms with van der Waals surface area (Å²) in [4.78, 5) is 2.43. The second kappa shape index (κ2) is 11.4. The van der Waals surface area contributed by atoms with Gasteiger partial charge in [-0.05, 0) is 104 Å². The van der Waals surface area contributed by atoms with E-state index in [0.717, 1.165) is 45.3 Å². The number of rotatable bonds is 4. The molecule has 1 spiro atoms. The van der Waals surface area contributed by atoms with E-state index in [1.807, 2.05) is 0 Å². The number of para-hydroxylation sites is 2. The molecule has 1 unspecified atom stereocenters. The maximum Gasteiger partial charge on any atom is 0.132 e. The van der Waals surface area contributed by atoms with Crippen LogP contribution in [-0.4, -0.2) is 0 Å². The van der Waals surface area contributed by atoms with Gasteiger partial charge in [-0.1, -0.05) is 153 Å². The Kier molecular flexibility index (Phi) is 6.55. The molecule has 1 heterocycles. The van der Waals surface area contributed by atoms with Gasteiger partial charge in [0.2, 0.25) is 0 Å². The molecule has 0 fully saturated rings. The van der Waals surface area contributed by atoms with Gasteiger partial charge in [0.05, 0.1) is 5.41 Å². The average Bonchev–Trinajstić information content (AvgIpc) is 3.64. The average molecular weight is 692 g/mol. The van der Waals surface area contributed by atoms with Gasteiger partial charge < -0.3 is 9.64 Å². The lowest BCUT2D eigenvalue weighted by molar-refractivity contribution is 0.436. The Bertz CT molecular complexity index is 2780. The predicted molar refractivity (Wildman–Crippen MR) is 222 cm³/mol. The molecule has 2 heteroatoms. The Balaban J connectivity index is 1.16. The molecule has 0 saturated heterocycles. The van der Waals surface area contributed by atoms with Gasteiger partial charge in [0, 0.05) is 33.6 Å². The van der Waals surface area contributed by atoms with E-state index in [-0.39, 0.29) is 5.41 Å². The number of ether oxygens (including phenoxy) is 1. The molecule has 0 saturated carbocycles. The van der Waals surface area contributed by atoms with Gasteiger partial charge in [-0.3, -0.25) is 0 Å². The highest BCUT2D eigenvalue weighted by Crippen LogP contribution is 2.63. The summed E-state index contributed by atoms with van der Waals surface area (Å²) in [6.45, 7) is 4.71. The zero-order chi connectivity index (χ0) is 36.0. The van der Waals surface area contributed by atoms with Crippen molar-refractivity contribution in [3.8, 4) is 44.9 Å². The topological polar surface area (TPSA) is 12.5 Å². The van der Waals surface area contributed by atoms with Crippen molar-refractivity contribution in [1.82, 2.24) is 0 Å². The Labute approximate surface area is 316 Å². The van der Waals surface area contributed by atoms with Crippen molar-refractivity contribution in [1.29, 1.82) is 0 Å². The second-order valence-corrected chi connectivity index (χ2v) is 15.3. The molecule has 11 rings (SSSR count). The van der Waals surface area contributed by atoms with Crippen LogP contribution in [0.3, 0.4) is 0 Å². The number of benzene rings is 8. The minimum Gasteiger partial charge on any atom is -0.457 e. The van der Waals surface area contributed by atoms with Crippen LogP contribution in [0, 0.1) is 0 Å². The molecule has 0 amide bonds. The Morgan fingerprint density at radius 3 is 1.63 bits per heavy atom. The van der Waals surface area contributed by atoms with E-state index in [4.69, 9.17) is 4.74 Å². The van der Waals surface area contributed by atoms with Crippen molar-refractivity contribution in [2.75, 3.05) is 4.90 Å². The van der Waals surface area contributed by atoms with E-state index < -0.39 is 5.41 Å². The molecule has 0 radical (unpaired) electrons. The molecular weight excluding hydrogens is 655 g/mol. The molecule has 1 aliphatic heterocycles. The summed E-state index contributed by atoms with van der Waals surface area (Å²) in [6.07, 6.45) is 0. The second-order valence-electron chi connectivity index (χ2n) is 15.3. The lowest BCUT2D eigenvalue weighted by Crippen LogP contribution is -2.32. The molecule has 256 valence electrons. The Morgan fingerprint density at radius 2 is 0.889 bits per heavy atom. The summed E-state index contributed by atoms with van der Waals surface area (Å²) in [7, 11) is 0. The van der Waals surface area contributed by atoms with Gasteiger partial charge >= 0.3 is 0 Å². The van der Waals surface area contributed by atoms with Crippen molar-refractivity contribution in [3.05, 3.63) is 221 Å². The largest absolute Gasteiger partial charge is 0.457 e. The van der Waals surface area contributed by atoms with Crippen LogP contribution in [-0.2, 0) is 10.8 Å². The standard InChI is InChI=1S/C52H37NO/c1-51(2)43-21-11-9-19-39(43)41-28-26-37(32-47(41)51)53(36-17-7-4-8-18-36)38-27-29-42-40-20-10-12-22-44(40)52(48(42)33-38)45-23-13-14-24-49(45)54-50-31-35(25-30-46(50)52)34-15-5-3-6-16-34/h3-33H,1-2H3. The van der Waals surface area contributed by atoms with Crippen LogP contribution in [0.2, 0.25) is 0 Å². The molecule has 54 heavy (non-hydrogen) atoms. The summed E-state index contributed by atoms with van der Waals surface area (Å²) in [6, 6.07) is 68.8. The van der Waals surface area contributed by atoms with Gasteiger partial charge in [-0.2, -0.15) is 0 Å². The fourth-order valence-electron chi connectivity index (χ4n) is 9.70. The molecule has 1 atom stereocenters. The molecule has 0 bridgehead atoms. The molecule has 8 aromatic carbocycles. The third-order valence-corrected chi connectivity index (χ3v) is 12.1. The zero-order valence-electron chi connectivity index (χ0n) is 30.3. The molecule has 2 nitrogen and oxygen atoms in total. The van der Waals surface area contributed by atoms with Crippen molar-refractivity contribution in [2.24, 2.45) is 0 Å². The summed E-state index contributed by atoms with van der Waals surface area (Å²) in [5.41, 5.74) is 17.8. The Morgan fingerprint density at radius 1 is 0.352 bits per heavy atom. The first-order valence-corrected chi connectivity index (χ1v) is 18.8. The number of hydrogen-bond acceptors (Lipinski definition) is 2. The quantitative estimate of drug-likeness (QED) is 0.182. The minimum atomic E-state index is -0.578. The highest BCUT2D eigenvalue weighted by molar-refractivity contribution is 5.92. The highest BCUT2D eigenvalue weighted by atomic mass is 16.5. The van der Waals surface area contributed by atoms with Gasteiger partial charge in [-0.25, -0.2) is 0 Å². The van der Waals surface area contributed by atoms with E-state index in [9.17, 15) is 0 Å². The summed E-state index contributed by atoms with van der Waals surface area (Å²) in [5, 5.41) is 0. The van der Waals surface area contributed by atoms with Gasteiger partial charge in [-0.15, -0.1) is 0 Å². The number of nitrogens with zero attached hydrogens (tertiary/aromatic N) is 1. The van der Waals surface area contributed by atoms with Gasteiger partial charge in [0.15, 0.2) is 0 Å². The van der Waals surface area contributed by atoms with E-state index in [2.05, 4.69) is 207 Å². The fourth-order valence-corrected chi connectivity index (χ4v) is 9.70. The Hall–Kier alpha value is -6.64. The van der Waals surface area contributed by atoms with Crippen LogP contribution in [0.4, 0.5) is 17.1 Å². The van der Waals surface area contributed by atoms with Crippen LogP contribution in [0.25, 0.3) is 33.4 Å². The van der Waals surface area contributed by atoms with Crippen LogP contribution in [0.1, 0.15) is 47.2 Å². The van der Waals surface area contributed by atoms with Gasteiger partial charge in [0.25, 0.3) is 0 Å². The van der Waals surface area contributed by atoms with Crippen molar-refractivity contribution in [3.63, 3.8) is 0 Å². The number of anilines is 3. The fraction of sp³-hybridized carbons (Fsp3) is 0.0769. The van der Waals surface area contributed by atoms with Gasteiger partial charge in [0.1, 0.15) is 11.5 Å². The first-order valence-electron chi connectivity index (χ1n) is 18.8. The van der Waals surface area contributed by atoms with Crippen LogP contribution >= 0.6 is 0 Å². The molecule has 2 aliphatic carbocycles. The maximum absolute atomic E-state index is 6.85. The highest BCUT2D eigenvalue weighted by Gasteiger charge is 2.51. The van der Waals surface area contributed by atoms with Crippen LogP contribution < -0.4 is 9.64 Å². The van der Waals surface area contributed by atoms with E-state index in [1.54, 1.807) is 0 Å². The lowest BCUT2D eigenvalue weighted by Gasteiger charge is -2.40. The zero-order valence-corrected chi connectivity index (χ0v) is 30.3. The molecule has 8 aromatic rings. The van der Waals surface area contributed by atoms with E-state index in [0.29, 0.717) is 0 Å². The predicted octanol–water partition coefficient (Wildman–Crippen LogP) is 13.6. The summed E-state index contributed by atoms with van der Waals surface area (Å²) in [5.74, 6) is 1.78. The van der Waals surface area contributed by atoms with Crippen molar-refractivity contribution >= 4 is 17.1 Å². The van der Waals surface area contributed by atoms with Crippen LogP contribution in [0.15, 0.2) is 188 Å². The monoisotopic (exact) mass is 691 g/mol. The van der Waals surface area contributed by atoms with Crippen molar-refractivity contribution in [2.45, 2.75) is 24.7 Å². The number of fused-ring (bicyclic) bond motifs is 12. The third-order valence-electron chi connectivity index (χ3n) is 12.1. The van der Waals surface area contributed by atoms with Crippen LogP contribution in [0.5, 0.6) is 11.5 Å². The smallest absolute Gasteiger partial charge is 0.132 e. The minimum absolute atomic E-state index is 0.109. The molecular formula is C52H37NO. The lowest BCUT2D eigenvalue weighted by atomic mass is 9.66. The van der Waals surface area contributed by atoms with E-state index >= 15 is 0 Å². The van der Waals surface area contributed by atoms with E-state index in [1.165, 1.54) is 50.1 Å². The summed E-state index contributed by atoms with van der Waals surface area (Å²) >= 11 is 0. The first kappa shape index (κ1) is 30.9. The third kappa shape index (κ3) is 4.22. The molecule has 0 aromatic heterocycles. The summed E-state index contributed by atoms with van der Waals surface area (Å²) < 4.78 is 6.85. The van der Waals surface area contributed by atoms with Crippen molar-refractivity contribution < 1.29 is 4.74 Å². The molecule has 3 aliphatic rings. The first-order chi connectivity index (χ1) is 26.5. The number of hydrogen-bond donors (Lipinski definition) is 0. The molecule has 0 N–H and O–H groups in total. The maximum atomic E-state index is 6.85. The SMILES string of the molecule is CC1(C)c2ccccc2-c2ccc(N(c3ccccc3)c3ccc4c(c3)C3(c5ccccc5Oc5cc(-c6ccccc6)ccc53)c3ccccc3-4)cc21.